The van der Waals surface area contributed by atoms with Crippen molar-refractivity contribution < 1.29 is 14.3 Å². The molecule has 0 amide bonds. The number of hydrogen-bond acceptors (Lipinski definition) is 5. The monoisotopic (exact) mass is 311 g/mol. The molecule has 2 aromatic heterocycles. The number of pyridine rings is 1. The maximum Gasteiger partial charge on any atom is 0.348 e. The van der Waals surface area contributed by atoms with Crippen LogP contribution >= 0.6 is 11.3 Å². The molecule has 0 N–H and O–H groups in total. The normalized spacial score (nSPS) is 10.6. The molecule has 0 radical (unpaired) electrons. The van der Waals surface area contributed by atoms with E-state index in [0.717, 1.165) is 27.8 Å². The number of nitrogens with zero attached hydrogens (tertiary/aromatic N) is 1. The van der Waals surface area contributed by atoms with Gasteiger partial charge < -0.3 is 4.74 Å². The molecule has 0 atom stereocenters. The van der Waals surface area contributed by atoms with Crippen LogP contribution in [0.15, 0.2) is 48.7 Å². The van der Waals surface area contributed by atoms with Crippen molar-refractivity contribution in [1.82, 2.24) is 4.98 Å². The maximum atomic E-state index is 12.0. The number of esters is 1. The fraction of sp³-hybridized carbons (Fsp3) is 0.118. The van der Waals surface area contributed by atoms with E-state index in [-0.39, 0.29) is 12.4 Å². The van der Waals surface area contributed by atoms with Crippen molar-refractivity contribution in [3.05, 3.63) is 64.0 Å². The zero-order valence-corrected chi connectivity index (χ0v) is 12.7. The molecule has 0 saturated carbocycles. The van der Waals surface area contributed by atoms with Crippen molar-refractivity contribution in [2.45, 2.75) is 13.5 Å². The molecule has 4 nitrogen and oxygen atoms in total. The third-order valence-electron chi connectivity index (χ3n) is 3.23. The Morgan fingerprint density at radius 1 is 1.09 bits per heavy atom. The van der Waals surface area contributed by atoms with Crippen LogP contribution in [0.5, 0.6) is 0 Å². The minimum absolute atomic E-state index is 0.0534. The lowest BCUT2D eigenvalue weighted by Crippen LogP contribution is -2.03. The Morgan fingerprint density at radius 2 is 1.86 bits per heavy atom. The number of para-hydroxylation sites is 1. The zero-order valence-electron chi connectivity index (χ0n) is 11.9. The van der Waals surface area contributed by atoms with Gasteiger partial charge in [0.1, 0.15) is 11.5 Å². The molecule has 22 heavy (non-hydrogen) atoms. The van der Waals surface area contributed by atoms with Crippen LogP contribution in [-0.2, 0) is 11.3 Å². The topological polar surface area (TPSA) is 56.3 Å². The van der Waals surface area contributed by atoms with Gasteiger partial charge in [0.25, 0.3) is 0 Å². The van der Waals surface area contributed by atoms with E-state index in [9.17, 15) is 9.59 Å². The van der Waals surface area contributed by atoms with Gasteiger partial charge in [-0.05, 0) is 25.1 Å². The molecular formula is C17H13NO3S. The van der Waals surface area contributed by atoms with E-state index in [4.69, 9.17) is 4.74 Å². The van der Waals surface area contributed by atoms with Crippen molar-refractivity contribution in [3.8, 4) is 0 Å². The third-order valence-corrected chi connectivity index (χ3v) is 4.40. The predicted octanol–water partition coefficient (Wildman–Crippen LogP) is 3.86. The van der Waals surface area contributed by atoms with E-state index in [2.05, 4.69) is 4.98 Å². The molecule has 0 aliphatic carbocycles. The Hall–Kier alpha value is -2.53. The van der Waals surface area contributed by atoms with Gasteiger partial charge in [-0.3, -0.25) is 9.78 Å². The molecule has 110 valence electrons. The summed E-state index contributed by atoms with van der Waals surface area (Å²) in [5.41, 5.74) is 1.68. The zero-order chi connectivity index (χ0) is 15.5. The summed E-state index contributed by atoms with van der Waals surface area (Å²) in [6.07, 6.45) is 1.71. The molecule has 0 aliphatic heterocycles. The second-order valence-electron chi connectivity index (χ2n) is 4.79. The van der Waals surface area contributed by atoms with Crippen LogP contribution in [0.3, 0.4) is 0 Å². The van der Waals surface area contributed by atoms with Crippen LogP contribution in [0.2, 0.25) is 0 Å². The van der Waals surface area contributed by atoms with Crippen LogP contribution in [0.25, 0.3) is 10.9 Å². The van der Waals surface area contributed by atoms with E-state index in [1.54, 1.807) is 18.3 Å². The van der Waals surface area contributed by atoms with Crippen LogP contribution in [0, 0.1) is 0 Å². The maximum absolute atomic E-state index is 12.0. The lowest BCUT2D eigenvalue weighted by molar-refractivity contribution is 0.0480. The number of hydrogen-bond donors (Lipinski definition) is 0. The van der Waals surface area contributed by atoms with Crippen molar-refractivity contribution in [2.75, 3.05) is 0 Å². The number of fused-ring (bicyclic) bond motifs is 1. The lowest BCUT2D eigenvalue weighted by Gasteiger charge is -2.06. The minimum Gasteiger partial charge on any atom is -0.457 e. The average Bonchev–Trinajstić information content (AvgIpc) is 3.03. The first-order valence-corrected chi connectivity index (χ1v) is 7.57. The Labute approximate surface area is 131 Å². The first kappa shape index (κ1) is 14.4. The summed E-state index contributed by atoms with van der Waals surface area (Å²) in [6, 6.07) is 12.9. The molecule has 0 bridgehead atoms. The number of ketones is 1. The van der Waals surface area contributed by atoms with Gasteiger partial charge in [-0.1, -0.05) is 24.3 Å². The quantitative estimate of drug-likeness (QED) is 0.542. The Kier molecular flexibility index (Phi) is 3.98. The Balaban J connectivity index is 1.76. The van der Waals surface area contributed by atoms with Crippen LogP contribution in [0.4, 0.5) is 0 Å². The third kappa shape index (κ3) is 2.89. The fourth-order valence-electron chi connectivity index (χ4n) is 2.14. The van der Waals surface area contributed by atoms with Gasteiger partial charge in [-0.25, -0.2) is 4.79 Å². The molecule has 0 unspecified atom stereocenters. The number of rotatable bonds is 4. The highest BCUT2D eigenvalue weighted by Crippen LogP contribution is 2.20. The molecule has 2 heterocycles. The van der Waals surface area contributed by atoms with Gasteiger partial charge >= 0.3 is 5.97 Å². The van der Waals surface area contributed by atoms with E-state index >= 15 is 0 Å². The van der Waals surface area contributed by atoms with Gasteiger partial charge in [-0.2, -0.15) is 0 Å². The smallest absolute Gasteiger partial charge is 0.348 e. The van der Waals surface area contributed by atoms with Crippen molar-refractivity contribution in [2.24, 2.45) is 0 Å². The van der Waals surface area contributed by atoms with Gasteiger partial charge in [0.2, 0.25) is 0 Å². The second kappa shape index (κ2) is 6.07. The van der Waals surface area contributed by atoms with Gasteiger partial charge in [0.15, 0.2) is 5.78 Å². The molecule has 0 aliphatic rings. The van der Waals surface area contributed by atoms with Crippen LogP contribution < -0.4 is 0 Å². The highest BCUT2D eigenvalue weighted by atomic mass is 32.1. The van der Waals surface area contributed by atoms with Gasteiger partial charge in [0.05, 0.1) is 10.4 Å². The minimum atomic E-state index is -0.426. The molecule has 1 aromatic carbocycles. The van der Waals surface area contributed by atoms with Crippen molar-refractivity contribution in [3.63, 3.8) is 0 Å². The number of thiophene rings is 1. The number of Topliss-reactive ketones (excluding diaryl/α,β-unsaturated/α-hetero) is 1. The van der Waals surface area contributed by atoms with Crippen LogP contribution in [0.1, 0.15) is 31.8 Å². The van der Waals surface area contributed by atoms with Gasteiger partial charge in [0, 0.05) is 17.1 Å². The lowest BCUT2D eigenvalue weighted by atomic mass is 10.1. The summed E-state index contributed by atoms with van der Waals surface area (Å²) in [5.74, 6) is -0.479. The predicted molar refractivity (Wildman–Crippen MR) is 85.2 cm³/mol. The first-order chi connectivity index (χ1) is 10.6. The summed E-state index contributed by atoms with van der Waals surface area (Å²) >= 11 is 1.15. The molecule has 3 aromatic rings. The van der Waals surface area contributed by atoms with Crippen molar-refractivity contribution >= 4 is 34.0 Å². The van der Waals surface area contributed by atoms with Crippen molar-refractivity contribution in [1.29, 1.82) is 0 Å². The average molecular weight is 311 g/mol. The summed E-state index contributed by atoms with van der Waals surface area (Å²) < 4.78 is 5.34. The Morgan fingerprint density at radius 3 is 2.64 bits per heavy atom. The molecule has 0 spiro atoms. The summed E-state index contributed by atoms with van der Waals surface area (Å²) in [4.78, 5) is 28.6. The Bertz CT molecular complexity index is 848. The summed E-state index contributed by atoms with van der Waals surface area (Å²) in [5, 5.41) is 1.01. The fourth-order valence-corrected chi connectivity index (χ4v) is 2.93. The van der Waals surface area contributed by atoms with E-state index in [1.807, 2.05) is 30.3 Å². The highest BCUT2D eigenvalue weighted by Gasteiger charge is 2.13. The molecule has 0 saturated heterocycles. The summed E-state index contributed by atoms with van der Waals surface area (Å²) in [7, 11) is 0. The second-order valence-corrected chi connectivity index (χ2v) is 5.87. The van der Waals surface area contributed by atoms with Gasteiger partial charge in [-0.15, -0.1) is 11.3 Å². The largest absolute Gasteiger partial charge is 0.457 e. The number of aromatic nitrogens is 1. The van der Waals surface area contributed by atoms with Crippen LogP contribution in [-0.4, -0.2) is 16.7 Å². The first-order valence-electron chi connectivity index (χ1n) is 6.75. The number of ether oxygens (including phenoxy) is 1. The standard InChI is InChI=1S/C17H13NO3S/c1-11(19)14-7-8-15(22-14)17(20)21-10-13-5-2-4-12-6-3-9-18-16(12)13/h2-9H,10H2,1H3. The number of benzene rings is 1. The number of carbonyl (C=O) groups is 2. The van der Waals surface area contributed by atoms with E-state index in [1.165, 1.54) is 6.92 Å². The number of carbonyl (C=O) groups excluding carboxylic acids is 2. The highest BCUT2D eigenvalue weighted by molar-refractivity contribution is 7.15. The SMILES string of the molecule is CC(=O)c1ccc(C(=O)OCc2cccc3cccnc23)s1. The van der Waals surface area contributed by atoms with E-state index in [0.29, 0.717) is 9.75 Å². The molecule has 3 rings (SSSR count). The molecule has 0 fully saturated rings. The molecular weight excluding hydrogens is 298 g/mol. The van der Waals surface area contributed by atoms with E-state index < -0.39 is 5.97 Å². The summed E-state index contributed by atoms with van der Waals surface area (Å²) in [6.45, 7) is 1.63. The molecule has 5 heteroatoms.